The zero-order valence-electron chi connectivity index (χ0n) is 14.6. The van der Waals surface area contributed by atoms with E-state index in [1.807, 2.05) is 0 Å². The lowest BCUT2D eigenvalue weighted by Gasteiger charge is -2.06. The monoisotopic (exact) mass is 409 g/mol. The van der Waals surface area contributed by atoms with Gasteiger partial charge < -0.3 is 5.32 Å². The summed E-state index contributed by atoms with van der Waals surface area (Å²) in [5.41, 5.74) is 1.45. The van der Waals surface area contributed by atoms with Gasteiger partial charge in [0.1, 0.15) is 0 Å². The highest BCUT2D eigenvalue weighted by Gasteiger charge is 2.11. The van der Waals surface area contributed by atoms with Crippen molar-refractivity contribution in [2.75, 3.05) is 23.3 Å². The number of carbonyl (C=O) groups is 1. The number of carbonyl (C=O) groups excluding carboxylic acids is 1. The Hall–Kier alpha value is -2.69. The first-order valence-electron chi connectivity index (χ1n) is 7.69. The Morgan fingerprint density at radius 2 is 1.63 bits per heavy atom. The number of nitrogens with one attached hydrogen (secondary N) is 3. The number of benzene rings is 2. The molecule has 0 radical (unpaired) electrons. The van der Waals surface area contributed by atoms with Crippen molar-refractivity contribution in [3.63, 3.8) is 0 Å². The fourth-order valence-electron chi connectivity index (χ4n) is 2.09. The molecular weight excluding hydrogens is 390 g/mol. The minimum Gasteiger partial charge on any atom is -0.322 e. The average Bonchev–Trinajstić information content (AvgIpc) is 2.60. The largest absolute Gasteiger partial charge is 0.322 e. The van der Waals surface area contributed by atoms with Crippen molar-refractivity contribution >= 4 is 43.4 Å². The fraction of sp³-hybridized carbons (Fsp3) is 0.118. The molecule has 3 N–H and O–H groups in total. The van der Waals surface area contributed by atoms with Crippen LogP contribution >= 0.6 is 0 Å². The van der Waals surface area contributed by atoms with E-state index >= 15 is 0 Å². The molecule has 0 aliphatic rings. The smallest absolute Gasteiger partial charge is 0.248 e. The lowest BCUT2D eigenvalue weighted by Crippen LogP contribution is -2.18. The van der Waals surface area contributed by atoms with Gasteiger partial charge in [0.05, 0.1) is 11.2 Å². The highest BCUT2D eigenvalue weighted by Crippen LogP contribution is 2.16. The molecule has 27 heavy (non-hydrogen) atoms. The summed E-state index contributed by atoms with van der Waals surface area (Å²) in [5.74, 6) is -0.438. The molecule has 8 nitrogen and oxygen atoms in total. The predicted molar refractivity (Wildman–Crippen MR) is 105 cm³/mol. The molecule has 0 atom stereocenters. The molecule has 0 heterocycles. The van der Waals surface area contributed by atoms with E-state index in [0.29, 0.717) is 16.9 Å². The molecule has 1 amide bonds. The lowest BCUT2D eigenvalue weighted by molar-refractivity contribution is -0.111. The molecule has 0 aliphatic carbocycles. The van der Waals surface area contributed by atoms with Crippen LogP contribution in [0.1, 0.15) is 5.56 Å². The van der Waals surface area contributed by atoms with Gasteiger partial charge >= 0.3 is 0 Å². The van der Waals surface area contributed by atoms with Gasteiger partial charge in [0.2, 0.25) is 26.0 Å². The zero-order valence-corrected chi connectivity index (χ0v) is 16.3. The molecule has 0 bridgehead atoms. The molecule has 0 saturated carbocycles. The van der Waals surface area contributed by atoms with Gasteiger partial charge in [-0.05, 0) is 49.0 Å². The van der Waals surface area contributed by atoms with Crippen molar-refractivity contribution in [3.8, 4) is 0 Å². The van der Waals surface area contributed by atoms with Crippen LogP contribution in [0.15, 0.2) is 59.5 Å². The van der Waals surface area contributed by atoms with Crippen LogP contribution < -0.4 is 14.8 Å². The SMILES string of the molecule is CNS(=O)(=O)c1cccc(NC(=O)/C=C/c2ccc(NS(C)(=O)=O)cc2)c1. The first kappa shape index (κ1) is 20.6. The van der Waals surface area contributed by atoms with E-state index in [9.17, 15) is 21.6 Å². The third-order valence-electron chi connectivity index (χ3n) is 3.32. The third kappa shape index (κ3) is 6.51. The molecule has 10 heteroatoms. The van der Waals surface area contributed by atoms with Gasteiger partial charge in [0.15, 0.2) is 0 Å². The summed E-state index contributed by atoms with van der Waals surface area (Å²) in [7, 11) is -5.64. The summed E-state index contributed by atoms with van der Waals surface area (Å²) in [6, 6.07) is 12.3. The normalized spacial score (nSPS) is 12.1. The lowest BCUT2D eigenvalue weighted by atomic mass is 10.2. The van der Waals surface area contributed by atoms with Crippen LogP contribution in [0.25, 0.3) is 6.08 Å². The molecule has 2 aromatic rings. The van der Waals surface area contributed by atoms with E-state index in [-0.39, 0.29) is 4.90 Å². The van der Waals surface area contributed by atoms with Crippen molar-refractivity contribution in [3.05, 3.63) is 60.2 Å². The maximum Gasteiger partial charge on any atom is 0.248 e. The van der Waals surface area contributed by atoms with Gasteiger partial charge in [-0.1, -0.05) is 18.2 Å². The molecule has 0 aromatic heterocycles. The molecule has 2 aromatic carbocycles. The Balaban J connectivity index is 2.04. The molecule has 0 unspecified atom stereocenters. The zero-order chi connectivity index (χ0) is 20.1. The van der Waals surface area contributed by atoms with Gasteiger partial charge in [0, 0.05) is 17.5 Å². The number of rotatable bonds is 7. The van der Waals surface area contributed by atoms with Crippen LogP contribution in [-0.4, -0.2) is 36.0 Å². The van der Waals surface area contributed by atoms with Crippen molar-refractivity contribution < 1.29 is 21.6 Å². The van der Waals surface area contributed by atoms with Crippen molar-refractivity contribution in [2.45, 2.75) is 4.90 Å². The first-order valence-corrected chi connectivity index (χ1v) is 11.1. The topological polar surface area (TPSA) is 121 Å². The fourth-order valence-corrected chi connectivity index (χ4v) is 3.43. The number of amides is 1. The van der Waals surface area contributed by atoms with Crippen LogP contribution in [0.5, 0.6) is 0 Å². The maximum atomic E-state index is 12.0. The molecule has 2 rings (SSSR count). The maximum absolute atomic E-state index is 12.0. The van der Waals surface area contributed by atoms with E-state index in [2.05, 4.69) is 14.8 Å². The van der Waals surface area contributed by atoms with E-state index in [0.717, 1.165) is 6.26 Å². The van der Waals surface area contributed by atoms with Crippen molar-refractivity contribution in [1.29, 1.82) is 0 Å². The molecule has 144 valence electrons. The Morgan fingerprint density at radius 1 is 0.963 bits per heavy atom. The Bertz CT molecular complexity index is 1060. The van der Waals surface area contributed by atoms with Crippen molar-refractivity contribution in [2.24, 2.45) is 0 Å². The van der Waals surface area contributed by atoms with Gasteiger partial charge in [0.25, 0.3) is 0 Å². The van der Waals surface area contributed by atoms with E-state index < -0.39 is 26.0 Å². The average molecular weight is 409 g/mol. The second-order valence-corrected chi connectivity index (χ2v) is 9.19. The first-order chi connectivity index (χ1) is 12.6. The summed E-state index contributed by atoms with van der Waals surface area (Å²) in [6.45, 7) is 0. The minimum atomic E-state index is -3.60. The molecule has 0 spiro atoms. The third-order valence-corrected chi connectivity index (χ3v) is 5.34. The Kier molecular flexibility index (Phi) is 6.37. The summed E-state index contributed by atoms with van der Waals surface area (Å²) in [4.78, 5) is 12.1. The second kappa shape index (κ2) is 8.33. The second-order valence-electron chi connectivity index (χ2n) is 5.55. The van der Waals surface area contributed by atoms with Crippen LogP contribution in [0, 0.1) is 0 Å². The standard InChI is InChI=1S/C17H19N3O5S2/c1-18-27(24,25)16-5-3-4-15(12-16)19-17(21)11-8-13-6-9-14(10-7-13)20-26(2,22)23/h3-12,18,20H,1-2H3,(H,19,21)/b11-8+. The Labute approximate surface area is 158 Å². The summed E-state index contributed by atoms with van der Waals surface area (Å²) in [5, 5.41) is 2.58. The van der Waals surface area contributed by atoms with Gasteiger partial charge in [-0.15, -0.1) is 0 Å². The Morgan fingerprint density at radius 3 is 2.22 bits per heavy atom. The number of sulfonamides is 2. The predicted octanol–water partition coefficient (Wildman–Crippen LogP) is 1.62. The van der Waals surface area contributed by atoms with Crippen LogP contribution in [0.3, 0.4) is 0 Å². The summed E-state index contributed by atoms with van der Waals surface area (Å²) < 4.78 is 50.4. The van der Waals surface area contributed by atoms with Gasteiger partial charge in [-0.2, -0.15) is 0 Å². The summed E-state index contributed by atoms with van der Waals surface area (Å²) in [6.07, 6.45) is 3.90. The highest BCUT2D eigenvalue weighted by molar-refractivity contribution is 7.92. The number of hydrogen-bond acceptors (Lipinski definition) is 5. The molecule has 0 aliphatic heterocycles. The quantitative estimate of drug-likeness (QED) is 0.600. The molecular formula is C17H19N3O5S2. The molecule has 0 fully saturated rings. The van der Waals surface area contributed by atoms with Gasteiger partial charge in [-0.3, -0.25) is 9.52 Å². The number of anilines is 2. The highest BCUT2D eigenvalue weighted by atomic mass is 32.2. The van der Waals surface area contributed by atoms with E-state index in [4.69, 9.17) is 0 Å². The molecule has 0 saturated heterocycles. The van der Waals surface area contributed by atoms with Crippen molar-refractivity contribution in [1.82, 2.24) is 4.72 Å². The minimum absolute atomic E-state index is 0.0424. The van der Waals surface area contributed by atoms with Gasteiger partial charge in [-0.25, -0.2) is 21.6 Å². The van der Waals surface area contributed by atoms with Crippen LogP contribution in [-0.2, 0) is 24.8 Å². The number of hydrogen-bond donors (Lipinski definition) is 3. The van der Waals surface area contributed by atoms with Crippen LogP contribution in [0.2, 0.25) is 0 Å². The van der Waals surface area contributed by atoms with E-state index in [1.54, 1.807) is 36.4 Å². The van der Waals surface area contributed by atoms with E-state index in [1.165, 1.54) is 31.3 Å². The van der Waals surface area contributed by atoms with Crippen LogP contribution in [0.4, 0.5) is 11.4 Å². The summed E-state index contributed by atoms with van der Waals surface area (Å²) >= 11 is 0.